The zero-order valence-corrected chi connectivity index (χ0v) is 42.5. The number of rotatable bonds is 12. The number of fused-ring (bicyclic) bond motifs is 3. The Morgan fingerprint density at radius 3 is 1.09 bits per heavy atom. The second kappa shape index (κ2) is 19.7. The largest absolute Gasteiger partial charge is 0.311 e. The van der Waals surface area contributed by atoms with Crippen molar-refractivity contribution in [3.63, 3.8) is 0 Å². The zero-order chi connectivity index (χ0) is 50.9. The van der Waals surface area contributed by atoms with E-state index < -0.39 is 5.41 Å². The van der Waals surface area contributed by atoms with Crippen molar-refractivity contribution in [1.82, 2.24) is 0 Å². The van der Waals surface area contributed by atoms with Crippen LogP contribution in [0.1, 0.15) is 35.1 Å². The predicted molar refractivity (Wildman–Crippen MR) is 319 cm³/mol. The van der Waals surface area contributed by atoms with Gasteiger partial charge in [-0.2, -0.15) is 0 Å². The standard InChI is InChI=1S/C74H56N2/c1-73-49-48-69(53-72(73)70-34-20-21-35-71(70)74(73,62-26-12-4-13-27-62)63-28-14-5-15-29-63)76(65-32-18-7-19-33-65)68-46-40-58(41-47-68)61-51-59(55-24-10-3-11-25-55)50-60(52-61)57-38-44-67(45-39-57)75(64-30-16-6-17-31-64)66-42-36-56(37-43-66)54-22-8-2-9-23-54/h2-53,72H,1H3. The molecule has 2 atom stereocenters. The van der Waals surface area contributed by atoms with Crippen molar-refractivity contribution in [3.05, 3.63) is 343 Å². The molecule has 76 heavy (non-hydrogen) atoms. The molecule has 0 saturated carbocycles. The van der Waals surface area contributed by atoms with E-state index in [9.17, 15) is 0 Å². The molecule has 2 unspecified atom stereocenters. The van der Waals surface area contributed by atoms with E-state index >= 15 is 0 Å². The van der Waals surface area contributed by atoms with Crippen molar-refractivity contribution >= 4 is 28.4 Å². The highest BCUT2D eigenvalue weighted by molar-refractivity contribution is 5.85. The maximum absolute atomic E-state index is 2.54. The topological polar surface area (TPSA) is 6.48 Å². The third kappa shape index (κ3) is 8.16. The summed E-state index contributed by atoms with van der Waals surface area (Å²) in [5.41, 5.74) is 20.7. The van der Waals surface area contributed by atoms with Crippen LogP contribution in [0.4, 0.5) is 28.4 Å². The summed E-state index contributed by atoms with van der Waals surface area (Å²) in [5.74, 6) is 0.107. The number of para-hydroxylation sites is 2. The molecule has 0 amide bonds. The second-order valence-corrected chi connectivity index (χ2v) is 20.3. The summed E-state index contributed by atoms with van der Waals surface area (Å²) in [4.78, 5) is 4.76. The highest BCUT2D eigenvalue weighted by Gasteiger charge is 2.60. The molecule has 13 rings (SSSR count). The van der Waals surface area contributed by atoms with Gasteiger partial charge >= 0.3 is 0 Å². The number of anilines is 5. The van der Waals surface area contributed by atoms with Crippen LogP contribution in [0.3, 0.4) is 0 Å². The summed E-state index contributed by atoms with van der Waals surface area (Å²) in [6, 6.07) is 108. The number of hydrogen-bond donors (Lipinski definition) is 0. The molecule has 11 aromatic carbocycles. The molecule has 2 heteroatoms. The maximum Gasteiger partial charge on any atom is 0.0551 e. The quantitative estimate of drug-likeness (QED) is 0.120. The SMILES string of the molecule is CC12C=CC(N(c3ccccc3)c3ccc(-c4cc(-c5ccccc5)cc(-c5ccc(N(c6ccccc6)c6ccc(-c7ccccc7)cc6)cc5)c4)cc3)=CC1c1ccccc1C2(c1ccccc1)c1ccccc1. The van der Waals surface area contributed by atoms with Crippen LogP contribution >= 0.6 is 0 Å². The fraction of sp³-hybridized carbons (Fsp3) is 0.0541. The summed E-state index contributed by atoms with van der Waals surface area (Å²) in [6.45, 7) is 2.47. The van der Waals surface area contributed by atoms with Crippen molar-refractivity contribution in [2.24, 2.45) is 5.41 Å². The van der Waals surface area contributed by atoms with Crippen molar-refractivity contribution in [2.75, 3.05) is 9.80 Å². The normalized spacial score (nSPS) is 16.0. The van der Waals surface area contributed by atoms with E-state index in [0.29, 0.717) is 0 Å². The third-order valence-electron chi connectivity index (χ3n) is 16.0. The predicted octanol–water partition coefficient (Wildman–Crippen LogP) is 19.6. The fourth-order valence-electron chi connectivity index (χ4n) is 12.4. The Kier molecular flexibility index (Phi) is 12.0. The lowest BCUT2D eigenvalue weighted by molar-refractivity contribution is 0.287. The van der Waals surface area contributed by atoms with Crippen LogP contribution in [-0.2, 0) is 5.41 Å². The van der Waals surface area contributed by atoms with Crippen LogP contribution in [0.2, 0.25) is 0 Å². The molecule has 0 N–H and O–H groups in total. The van der Waals surface area contributed by atoms with Crippen molar-refractivity contribution < 1.29 is 0 Å². The lowest BCUT2D eigenvalue weighted by atomic mass is 9.54. The molecule has 0 heterocycles. The maximum atomic E-state index is 2.54. The molecule has 362 valence electrons. The fourth-order valence-corrected chi connectivity index (χ4v) is 12.4. The Balaban J connectivity index is 0.864. The van der Waals surface area contributed by atoms with Gasteiger partial charge in [-0.25, -0.2) is 0 Å². The van der Waals surface area contributed by atoms with Gasteiger partial charge in [-0.3, -0.25) is 0 Å². The van der Waals surface area contributed by atoms with E-state index in [2.05, 4.69) is 332 Å². The average molecular weight is 973 g/mol. The van der Waals surface area contributed by atoms with Gasteiger partial charge in [0, 0.05) is 45.5 Å². The molecule has 0 saturated heterocycles. The second-order valence-electron chi connectivity index (χ2n) is 20.3. The number of benzene rings is 11. The first-order chi connectivity index (χ1) is 37.5. The van der Waals surface area contributed by atoms with Crippen molar-refractivity contribution in [3.8, 4) is 44.5 Å². The Morgan fingerprint density at radius 1 is 0.303 bits per heavy atom. The first kappa shape index (κ1) is 46.3. The van der Waals surface area contributed by atoms with E-state index in [0.717, 1.165) is 56.4 Å². The highest BCUT2D eigenvalue weighted by Crippen LogP contribution is 2.67. The first-order valence-electron chi connectivity index (χ1n) is 26.4. The highest BCUT2D eigenvalue weighted by atomic mass is 15.2. The van der Waals surface area contributed by atoms with E-state index in [1.165, 1.54) is 44.5 Å². The van der Waals surface area contributed by atoms with Gasteiger partial charge in [0.2, 0.25) is 0 Å². The van der Waals surface area contributed by atoms with Gasteiger partial charge in [-0.05, 0) is 152 Å². The lowest BCUT2D eigenvalue weighted by Crippen LogP contribution is -2.44. The molecular weight excluding hydrogens is 917 g/mol. The minimum Gasteiger partial charge on any atom is -0.311 e. The number of nitrogens with zero attached hydrogens (tertiary/aromatic N) is 2. The van der Waals surface area contributed by atoms with Gasteiger partial charge in [-0.1, -0.05) is 237 Å². The molecule has 0 aliphatic heterocycles. The molecule has 2 nitrogen and oxygen atoms in total. The van der Waals surface area contributed by atoms with Gasteiger partial charge in [0.25, 0.3) is 0 Å². The van der Waals surface area contributed by atoms with E-state index in [4.69, 9.17) is 0 Å². The Hall–Kier alpha value is -9.50. The molecule has 0 spiro atoms. The van der Waals surface area contributed by atoms with Crippen LogP contribution in [0, 0.1) is 5.41 Å². The van der Waals surface area contributed by atoms with Crippen LogP contribution in [0.25, 0.3) is 44.5 Å². The summed E-state index contributed by atoms with van der Waals surface area (Å²) >= 11 is 0. The van der Waals surface area contributed by atoms with Gasteiger partial charge in [-0.15, -0.1) is 0 Å². The van der Waals surface area contributed by atoms with Gasteiger partial charge in [0.15, 0.2) is 0 Å². The number of allylic oxidation sites excluding steroid dienone is 3. The van der Waals surface area contributed by atoms with Gasteiger partial charge in [0.1, 0.15) is 0 Å². The third-order valence-corrected chi connectivity index (χ3v) is 16.0. The molecule has 2 aliphatic carbocycles. The summed E-state index contributed by atoms with van der Waals surface area (Å²) in [5, 5.41) is 0. The molecule has 0 bridgehead atoms. The minimum atomic E-state index is -0.401. The molecule has 0 fully saturated rings. The lowest BCUT2D eigenvalue weighted by Gasteiger charge is -2.48. The van der Waals surface area contributed by atoms with Crippen LogP contribution in [0.15, 0.2) is 321 Å². The molecule has 0 aromatic heterocycles. The summed E-state index contributed by atoms with van der Waals surface area (Å²) in [7, 11) is 0. The molecule has 0 radical (unpaired) electrons. The molecule has 2 aliphatic rings. The van der Waals surface area contributed by atoms with Gasteiger partial charge in [0.05, 0.1) is 5.41 Å². The smallest absolute Gasteiger partial charge is 0.0551 e. The van der Waals surface area contributed by atoms with Crippen molar-refractivity contribution in [2.45, 2.75) is 18.3 Å². The Morgan fingerprint density at radius 2 is 0.632 bits per heavy atom. The Bertz CT molecular complexity index is 3790. The summed E-state index contributed by atoms with van der Waals surface area (Å²) < 4.78 is 0. The Labute approximate surface area is 447 Å². The monoisotopic (exact) mass is 972 g/mol. The minimum absolute atomic E-state index is 0.107. The van der Waals surface area contributed by atoms with Crippen molar-refractivity contribution in [1.29, 1.82) is 0 Å². The van der Waals surface area contributed by atoms with Crippen LogP contribution in [-0.4, -0.2) is 0 Å². The van der Waals surface area contributed by atoms with Gasteiger partial charge < -0.3 is 9.80 Å². The van der Waals surface area contributed by atoms with E-state index in [-0.39, 0.29) is 11.3 Å². The molecule has 11 aromatic rings. The average Bonchev–Trinajstić information content (AvgIpc) is 3.91. The van der Waals surface area contributed by atoms with E-state index in [1.807, 2.05) is 0 Å². The molecular formula is C74H56N2. The van der Waals surface area contributed by atoms with E-state index in [1.54, 1.807) is 0 Å². The number of hydrogen-bond acceptors (Lipinski definition) is 2. The summed E-state index contributed by atoms with van der Waals surface area (Å²) in [6.07, 6.45) is 7.43. The van der Waals surface area contributed by atoms with Crippen LogP contribution < -0.4 is 9.80 Å². The van der Waals surface area contributed by atoms with Crippen LogP contribution in [0.5, 0.6) is 0 Å². The first-order valence-corrected chi connectivity index (χ1v) is 26.4. The zero-order valence-electron chi connectivity index (χ0n) is 42.5.